The van der Waals surface area contributed by atoms with E-state index in [-0.39, 0.29) is 0 Å². The van der Waals surface area contributed by atoms with Crippen molar-refractivity contribution >= 4 is 17.0 Å². The number of hydrogen-bond acceptors (Lipinski definition) is 3. The third-order valence-corrected chi connectivity index (χ3v) is 5.26. The van der Waals surface area contributed by atoms with Crippen molar-refractivity contribution < 1.29 is 14.6 Å². The van der Waals surface area contributed by atoms with Crippen molar-refractivity contribution in [3.05, 3.63) is 35.5 Å². The number of hydrogen-bond donors (Lipinski definition) is 2. The van der Waals surface area contributed by atoms with Crippen molar-refractivity contribution in [2.45, 2.75) is 51.9 Å². The number of aromatic nitrogens is 1. The number of nitrogens with zero attached hydrogens (tertiary/aromatic N) is 1. The van der Waals surface area contributed by atoms with Crippen molar-refractivity contribution in [2.24, 2.45) is 0 Å². The summed E-state index contributed by atoms with van der Waals surface area (Å²) >= 11 is 0. The summed E-state index contributed by atoms with van der Waals surface area (Å²) in [5, 5.41) is 12.0. The Morgan fingerprint density at radius 2 is 2.09 bits per heavy atom. The Morgan fingerprint density at radius 1 is 1.35 bits per heavy atom. The SMILES string of the molecule is CC[C@]1(C)OC(=O)N(CCc2c[nH]c3ccc(C)cc23)[C@@]1(C)O. The predicted molar refractivity (Wildman–Crippen MR) is 89.2 cm³/mol. The first-order valence-corrected chi connectivity index (χ1v) is 8.08. The third kappa shape index (κ3) is 2.39. The van der Waals surface area contributed by atoms with Gasteiger partial charge in [-0.05, 0) is 51.3 Å². The minimum Gasteiger partial charge on any atom is -0.438 e. The van der Waals surface area contributed by atoms with E-state index < -0.39 is 17.4 Å². The highest BCUT2D eigenvalue weighted by atomic mass is 16.6. The van der Waals surface area contributed by atoms with Crippen LogP contribution in [0.15, 0.2) is 24.4 Å². The molecule has 23 heavy (non-hydrogen) atoms. The molecule has 2 heterocycles. The second-order valence-corrected chi connectivity index (χ2v) is 6.74. The second kappa shape index (κ2) is 5.27. The lowest BCUT2D eigenvalue weighted by Gasteiger charge is -2.36. The first kappa shape index (κ1) is 15.9. The summed E-state index contributed by atoms with van der Waals surface area (Å²) < 4.78 is 5.43. The second-order valence-electron chi connectivity index (χ2n) is 6.74. The first-order valence-electron chi connectivity index (χ1n) is 8.08. The highest BCUT2D eigenvalue weighted by Gasteiger charge is 2.57. The fraction of sp³-hybridized carbons (Fsp3) is 0.500. The van der Waals surface area contributed by atoms with Gasteiger partial charge in [-0.15, -0.1) is 0 Å². The topological polar surface area (TPSA) is 65.6 Å². The van der Waals surface area contributed by atoms with Gasteiger partial charge in [0.15, 0.2) is 11.3 Å². The van der Waals surface area contributed by atoms with Crippen LogP contribution in [-0.4, -0.2) is 39.0 Å². The standard InChI is InChI=1S/C18H24N2O3/c1-5-17(3)18(4,22)20(16(21)23-17)9-8-13-11-19-15-7-6-12(2)10-14(13)15/h6-7,10-11,19,22H,5,8-9H2,1-4H3/t17-,18-/m0/s1. The van der Waals surface area contributed by atoms with Crippen molar-refractivity contribution in [2.75, 3.05) is 6.54 Å². The molecule has 1 saturated heterocycles. The van der Waals surface area contributed by atoms with E-state index in [4.69, 9.17) is 4.74 Å². The summed E-state index contributed by atoms with van der Waals surface area (Å²) in [6.07, 6.45) is 2.75. The monoisotopic (exact) mass is 316 g/mol. The van der Waals surface area contributed by atoms with E-state index in [0.29, 0.717) is 19.4 Å². The van der Waals surface area contributed by atoms with Crippen LogP contribution in [0.3, 0.4) is 0 Å². The molecule has 0 aliphatic carbocycles. The van der Waals surface area contributed by atoms with Crippen LogP contribution < -0.4 is 0 Å². The molecule has 3 rings (SSSR count). The van der Waals surface area contributed by atoms with E-state index in [2.05, 4.69) is 30.1 Å². The van der Waals surface area contributed by atoms with Gasteiger partial charge in [0.2, 0.25) is 0 Å². The molecule has 0 unspecified atom stereocenters. The van der Waals surface area contributed by atoms with Gasteiger partial charge in [0.25, 0.3) is 0 Å². The maximum atomic E-state index is 12.2. The van der Waals surface area contributed by atoms with Gasteiger partial charge in [0.05, 0.1) is 0 Å². The molecular formula is C18H24N2O3. The largest absolute Gasteiger partial charge is 0.438 e. The molecule has 1 aliphatic heterocycles. The fourth-order valence-corrected chi connectivity index (χ4v) is 3.26. The quantitative estimate of drug-likeness (QED) is 0.909. The normalized spacial score (nSPS) is 27.7. The summed E-state index contributed by atoms with van der Waals surface area (Å²) in [5.41, 5.74) is 1.24. The molecule has 2 aromatic rings. The number of carbonyl (C=O) groups is 1. The van der Waals surface area contributed by atoms with Crippen molar-refractivity contribution in [3.63, 3.8) is 0 Å². The summed E-state index contributed by atoms with van der Waals surface area (Å²) in [7, 11) is 0. The van der Waals surface area contributed by atoms with Crippen LogP contribution in [0.5, 0.6) is 0 Å². The first-order chi connectivity index (χ1) is 10.8. The number of benzene rings is 1. The zero-order chi connectivity index (χ0) is 16.8. The molecule has 1 amide bonds. The third-order valence-electron chi connectivity index (χ3n) is 5.26. The van der Waals surface area contributed by atoms with E-state index in [1.165, 1.54) is 10.5 Å². The molecule has 1 aromatic heterocycles. The maximum absolute atomic E-state index is 12.2. The molecule has 1 aliphatic rings. The lowest BCUT2D eigenvalue weighted by molar-refractivity contribution is -0.137. The summed E-state index contributed by atoms with van der Waals surface area (Å²) in [5.74, 6) is 0. The Kier molecular flexibility index (Phi) is 3.64. The van der Waals surface area contributed by atoms with E-state index in [1.54, 1.807) is 13.8 Å². The molecule has 2 N–H and O–H groups in total. The smallest absolute Gasteiger partial charge is 0.412 e. The molecular weight excluding hydrogens is 292 g/mol. The molecule has 2 atom stereocenters. The molecule has 1 aromatic carbocycles. The van der Waals surface area contributed by atoms with Gasteiger partial charge in [-0.1, -0.05) is 18.6 Å². The Bertz CT molecular complexity index is 750. The predicted octanol–water partition coefficient (Wildman–Crippen LogP) is 3.35. The Hall–Kier alpha value is -2.01. The van der Waals surface area contributed by atoms with Crippen LogP contribution >= 0.6 is 0 Å². The van der Waals surface area contributed by atoms with Crippen LogP contribution in [-0.2, 0) is 11.2 Å². The number of aryl methyl sites for hydroxylation is 1. The molecule has 0 saturated carbocycles. The summed E-state index contributed by atoms with van der Waals surface area (Å²) in [6.45, 7) is 7.82. The number of cyclic esters (lactones) is 1. The maximum Gasteiger partial charge on any atom is 0.412 e. The highest BCUT2D eigenvalue weighted by Crippen LogP contribution is 2.39. The van der Waals surface area contributed by atoms with Crippen LogP contribution in [0.2, 0.25) is 0 Å². The molecule has 0 radical (unpaired) electrons. The highest BCUT2D eigenvalue weighted by molar-refractivity contribution is 5.84. The number of nitrogens with one attached hydrogen (secondary N) is 1. The fourth-order valence-electron chi connectivity index (χ4n) is 3.26. The summed E-state index contributed by atoms with van der Waals surface area (Å²) in [4.78, 5) is 16.9. The van der Waals surface area contributed by atoms with E-state index in [1.807, 2.05) is 13.1 Å². The molecule has 5 nitrogen and oxygen atoms in total. The molecule has 0 bridgehead atoms. The number of aliphatic hydroxyl groups is 1. The number of rotatable bonds is 4. The Morgan fingerprint density at radius 3 is 2.74 bits per heavy atom. The summed E-state index contributed by atoms with van der Waals surface area (Å²) in [6, 6.07) is 6.26. The minimum atomic E-state index is -1.30. The number of carbonyl (C=O) groups excluding carboxylic acids is 1. The van der Waals surface area contributed by atoms with E-state index >= 15 is 0 Å². The number of H-pyrrole nitrogens is 1. The molecule has 1 fully saturated rings. The van der Waals surface area contributed by atoms with Crippen LogP contribution in [0.4, 0.5) is 4.79 Å². The molecule has 5 heteroatoms. The number of fused-ring (bicyclic) bond motifs is 1. The lowest BCUT2D eigenvalue weighted by atomic mass is 9.90. The minimum absolute atomic E-state index is 0.419. The zero-order valence-electron chi connectivity index (χ0n) is 14.1. The molecule has 124 valence electrons. The average Bonchev–Trinajstić information content (AvgIpc) is 2.95. The van der Waals surface area contributed by atoms with Crippen LogP contribution in [0, 0.1) is 6.92 Å². The molecule has 0 spiro atoms. The Balaban J connectivity index is 1.82. The lowest BCUT2D eigenvalue weighted by Crippen LogP contribution is -2.55. The van der Waals surface area contributed by atoms with Gasteiger partial charge >= 0.3 is 6.09 Å². The van der Waals surface area contributed by atoms with E-state index in [0.717, 1.165) is 16.5 Å². The van der Waals surface area contributed by atoms with Gasteiger partial charge in [0, 0.05) is 23.6 Å². The number of amides is 1. The van der Waals surface area contributed by atoms with Crippen LogP contribution in [0.25, 0.3) is 10.9 Å². The van der Waals surface area contributed by atoms with Gasteiger partial charge in [-0.25, -0.2) is 4.79 Å². The van der Waals surface area contributed by atoms with E-state index in [9.17, 15) is 9.90 Å². The average molecular weight is 316 g/mol. The van der Waals surface area contributed by atoms with Crippen molar-refractivity contribution in [3.8, 4) is 0 Å². The van der Waals surface area contributed by atoms with Gasteiger partial charge in [0.1, 0.15) is 0 Å². The van der Waals surface area contributed by atoms with Crippen molar-refractivity contribution in [1.29, 1.82) is 0 Å². The van der Waals surface area contributed by atoms with Gasteiger partial charge in [-0.2, -0.15) is 0 Å². The number of aromatic amines is 1. The number of ether oxygens (including phenoxy) is 1. The Labute approximate surface area is 136 Å². The van der Waals surface area contributed by atoms with Crippen LogP contribution in [0.1, 0.15) is 38.3 Å². The van der Waals surface area contributed by atoms with Gasteiger partial charge in [-0.3, -0.25) is 4.90 Å². The zero-order valence-corrected chi connectivity index (χ0v) is 14.1. The van der Waals surface area contributed by atoms with Gasteiger partial charge < -0.3 is 14.8 Å². The van der Waals surface area contributed by atoms with Crippen molar-refractivity contribution in [1.82, 2.24) is 9.88 Å².